The van der Waals surface area contributed by atoms with Gasteiger partial charge in [0.1, 0.15) is 6.04 Å². The fourth-order valence-electron chi connectivity index (χ4n) is 1.72. The zero-order valence-corrected chi connectivity index (χ0v) is 8.70. The van der Waals surface area contributed by atoms with Crippen molar-refractivity contribution in [3.05, 3.63) is 0 Å². The third-order valence-electron chi connectivity index (χ3n) is 2.73. The number of hydrogen-bond donors (Lipinski definition) is 1. The molecule has 1 atom stereocenters. The molecule has 0 bridgehead atoms. The SMILES string of the molecule is COC(=O)[C@H](N)CCC1CCOCC1. The van der Waals surface area contributed by atoms with Crippen LogP contribution in [0.15, 0.2) is 0 Å². The van der Waals surface area contributed by atoms with E-state index in [1.54, 1.807) is 0 Å². The van der Waals surface area contributed by atoms with Crippen LogP contribution in [0.4, 0.5) is 0 Å². The van der Waals surface area contributed by atoms with Crippen LogP contribution in [0.1, 0.15) is 25.7 Å². The average molecular weight is 201 g/mol. The van der Waals surface area contributed by atoms with E-state index in [-0.39, 0.29) is 5.97 Å². The second-order valence-electron chi connectivity index (χ2n) is 3.76. The molecule has 4 nitrogen and oxygen atoms in total. The van der Waals surface area contributed by atoms with E-state index in [1.165, 1.54) is 7.11 Å². The van der Waals surface area contributed by atoms with Gasteiger partial charge >= 0.3 is 5.97 Å². The summed E-state index contributed by atoms with van der Waals surface area (Å²) in [6.07, 6.45) is 3.90. The normalized spacial score (nSPS) is 20.4. The van der Waals surface area contributed by atoms with E-state index in [0.717, 1.165) is 38.9 Å². The molecule has 0 amide bonds. The van der Waals surface area contributed by atoms with Crippen molar-refractivity contribution in [2.24, 2.45) is 11.7 Å². The first kappa shape index (κ1) is 11.5. The van der Waals surface area contributed by atoms with Gasteiger partial charge in [0.15, 0.2) is 0 Å². The number of esters is 1. The Kier molecular flexibility index (Phi) is 4.90. The number of nitrogens with two attached hydrogens (primary N) is 1. The van der Waals surface area contributed by atoms with E-state index in [4.69, 9.17) is 10.5 Å². The number of rotatable bonds is 4. The maximum atomic E-state index is 11.0. The predicted octanol–water partition coefficient (Wildman–Crippen LogP) is 0.693. The Morgan fingerprint density at radius 3 is 2.79 bits per heavy atom. The quantitative estimate of drug-likeness (QED) is 0.680. The number of carbonyl (C=O) groups excluding carboxylic acids is 1. The molecule has 1 fully saturated rings. The average Bonchev–Trinajstić information content (AvgIpc) is 2.26. The maximum Gasteiger partial charge on any atom is 0.322 e. The van der Waals surface area contributed by atoms with E-state index in [2.05, 4.69) is 4.74 Å². The molecule has 0 spiro atoms. The van der Waals surface area contributed by atoms with Crippen molar-refractivity contribution in [3.63, 3.8) is 0 Å². The summed E-state index contributed by atoms with van der Waals surface area (Å²) in [6, 6.07) is -0.456. The lowest BCUT2D eigenvalue weighted by atomic mass is 9.93. The Balaban J connectivity index is 2.15. The fourth-order valence-corrected chi connectivity index (χ4v) is 1.72. The standard InChI is InChI=1S/C10H19NO3/c1-13-10(12)9(11)3-2-8-4-6-14-7-5-8/h8-9H,2-7,11H2,1H3/t9-/m1/s1. The molecule has 1 saturated heterocycles. The van der Waals surface area contributed by atoms with Gasteiger partial charge in [-0.05, 0) is 31.6 Å². The van der Waals surface area contributed by atoms with Crippen LogP contribution in [0.3, 0.4) is 0 Å². The van der Waals surface area contributed by atoms with Crippen LogP contribution in [0.5, 0.6) is 0 Å². The molecular formula is C10H19NO3. The molecule has 0 aromatic heterocycles. The number of carbonyl (C=O) groups is 1. The van der Waals surface area contributed by atoms with Gasteiger partial charge in [0, 0.05) is 13.2 Å². The van der Waals surface area contributed by atoms with E-state index < -0.39 is 6.04 Å². The Morgan fingerprint density at radius 1 is 1.57 bits per heavy atom. The summed E-state index contributed by atoms with van der Waals surface area (Å²) in [5, 5.41) is 0. The van der Waals surface area contributed by atoms with Crippen LogP contribution in [-0.4, -0.2) is 32.3 Å². The van der Waals surface area contributed by atoms with Crippen molar-refractivity contribution >= 4 is 5.97 Å². The second-order valence-corrected chi connectivity index (χ2v) is 3.76. The third-order valence-corrected chi connectivity index (χ3v) is 2.73. The zero-order chi connectivity index (χ0) is 10.4. The highest BCUT2D eigenvalue weighted by molar-refractivity contribution is 5.75. The number of ether oxygens (including phenoxy) is 2. The fraction of sp³-hybridized carbons (Fsp3) is 0.900. The summed E-state index contributed by atoms with van der Waals surface area (Å²) in [5.41, 5.74) is 5.64. The summed E-state index contributed by atoms with van der Waals surface area (Å²) < 4.78 is 9.82. The predicted molar refractivity (Wildman–Crippen MR) is 52.8 cm³/mol. The van der Waals surface area contributed by atoms with Crippen molar-refractivity contribution in [3.8, 4) is 0 Å². The lowest BCUT2D eigenvalue weighted by Crippen LogP contribution is -2.32. The van der Waals surface area contributed by atoms with E-state index in [0.29, 0.717) is 5.92 Å². The summed E-state index contributed by atoms with van der Waals surface area (Å²) >= 11 is 0. The first-order valence-corrected chi connectivity index (χ1v) is 5.15. The van der Waals surface area contributed by atoms with Gasteiger partial charge in [-0.2, -0.15) is 0 Å². The van der Waals surface area contributed by atoms with Gasteiger partial charge in [0.2, 0.25) is 0 Å². The molecule has 0 unspecified atom stereocenters. The van der Waals surface area contributed by atoms with Crippen molar-refractivity contribution in [1.29, 1.82) is 0 Å². The topological polar surface area (TPSA) is 61.5 Å². The molecule has 4 heteroatoms. The van der Waals surface area contributed by atoms with Crippen molar-refractivity contribution < 1.29 is 14.3 Å². The molecule has 0 aromatic rings. The molecule has 1 heterocycles. The highest BCUT2D eigenvalue weighted by atomic mass is 16.5. The van der Waals surface area contributed by atoms with Gasteiger partial charge in [0.05, 0.1) is 7.11 Å². The maximum absolute atomic E-state index is 11.0. The molecule has 82 valence electrons. The summed E-state index contributed by atoms with van der Waals surface area (Å²) in [5.74, 6) is 0.358. The molecule has 14 heavy (non-hydrogen) atoms. The van der Waals surface area contributed by atoms with Gasteiger partial charge in [-0.15, -0.1) is 0 Å². The highest BCUT2D eigenvalue weighted by Crippen LogP contribution is 2.20. The minimum absolute atomic E-state index is 0.308. The van der Waals surface area contributed by atoms with Crippen molar-refractivity contribution in [2.75, 3.05) is 20.3 Å². The van der Waals surface area contributed by atoms with E-state index in [1.807, 2.05) is 0 Å². The largest absolute Gasteiger partial charge is 0.468 e. The van der Waals surface area contributed by atoms with Gasteiger partial charge in [0.25, 0.3) is 0 Å². The Bertz CT molecular complexity index is 178. The molecule has 1 rings (SSSR count). The zero-order valence-electron chi connectivity index (χ0n) is 8.70. The summed E-state index contributed by atoms with van der Waals surface area (Å²) in [4.78, 5) is 11.0. The van der Waals surface area contributed by atoms with Crippen molar-refractivity contribution in [2.45, 2.75) is 31.7 Å². The van der Waals surface area contributed by atoms with Crippen LogP contribution in [0.25, 0.3) is 0 Å². The molecule has 0 aliphatic carbocycles. The Morgan fingerprint density at radius 2 is 2.21 bits per heavy atom. The van der Waals surface area contributed by atoms with Crippen LogP contribution in [-0.2, 0) is 14.3 Å². The van der Waals surface area contributed by atoms with Crippen LogP contribution in [0, 0.1) is 5.92 Å². The molecule has 0 aromatic carbocycles. The van der Waals surface area contributed by atoms with Crippen LogP contribution in [0.2, 0.25) is 0 Å². The first-order chi connectivity index (χ1) is 6.74. The van der Waals surface area contributed by atoms with Gasteiger partial charge in [-0.25, -0.2) is 0 Å². The molecular weight excluding hydrogens is 182 g/mol. The third kappa shape index (κ3) is 3.64. The van der Waals surface area contributed by atoms with Crippen LogP contribution < -0.4 is 5.73 Å². The lowest BCUT2D eigenvalue weighted by Gasteiger charge is -2.22. The Hall–Kier alpha value is -0.610. The van der Waals surface area contributed by atoms with E-state index in [9.17, 15) is 4.79 Å². The minimum atomic E-state index is -0.456. The molecule has 0 saturated carbocycles. The molecule has 0 radical (unpaired) electrons. The molecule has 2 N–H and O–H groups in total. The number of methoxy groups -OCH3 is 1. The van der Waals surface area contributed by atoms with E-state index >= 15 is 0 Å². The summed E-state index contributed by atoms with van der Waals surface area (Å²) in [7, 11) is 1.37. The van der Waals surface area contributed by atoms with Crippen LogP contribution >= 0.6 is 0 Å². The van der Waals surface area contributed by atoms with Gasteiger partial charge < -0.3 is 15.2 Å². The smallest absolute Gasteiger partial charge is 0.322 e. The molecule has 1 aliphatic heterocycles. The summed E-state index contributed by atoms with van der Waals surface area (Å²) in [6.45, 7) is 1.69. The molecule has 1 aliphatic rings. The van der Waals surface area contributed by atoms with Crippen molar-refractivity contribution in [1.82, 2.24) is 0 Å². The first-order valence-electron chi connectivity index (χ1n) is 5.15. The minimum Gasteiger partial charge on any atom is -0.468 e. The Labute approximate surface area is 84.7 Å². The second kappa shape index (κ2) is 5.98. The van der Waals surface area contributed by atoms with Gasteiger partial charge in [-0.1, -0.05) is 0 Å². The van der Waals surface area contributed by atoms with Gasteiger partial charge in [-0.3, -0.25) is 4.79 Å². The monoisotopic (exact) mass is 201 g/mol. The highest BCUT2D eigenvalue weighted by Gasteiger charge is 2.18. The lowest BCUT2D eigenvalue weighted by molar-refractivity contribution is -0.142. The number of hydrogen-bond acceptors (Lipinski definition) is 4.